The molecular formula is C19H18O2. The first kappa shape index (κ1) is 12.6. The maximum Gasteiger partial charge on any atom is 0.310 e. The molecule has 0 amide bonds. The molecule has 0 saturated carbocycles. The molecule has 0 radical (unpaired) electrons. The first-order chi connectivity index (χ1) is 10.2. The van der Waals surface area contributed by atoms with Crippen LogP contribution >= 0.6 is 0 Å². The van der Waals surface area contributed by atoms with Crippen LogP contribution in [0.2, 0.25) is 0 Å². The van der Waals surface area contributed by atoms with Crippen molar-refractivity contribution in [3.05, 3.63) is 70.8 Å². The molecule has 0 aromatic heterocycles. The third-order valence-corrected chi connectivity index (χ3v) is 5.23. The second-order valence-electron chi connectivity index (χ2n) is 6.51. The van der Waals surface area contributed by atoms with Crippen LogP contribution in [0.5, 0.6) is 0 Å². The zero-order valence-electron chi connectivity index (χ0n) is 11.9. The zero-order chi connectivity index (χ0) is 14.4. The molecule has 0 spiro atoms. The van der Waals surface area contributed by atoms with Gasteiger partial charge in [-0.15, -0.1) is 0 Å². The van der Waals surface area contributed by atoms with Gasteiger partial charge in [-0.2, -0.15) is 0 Å². The molecule has 1 N–H and O–H groups in total. The lowest BCUT2D eigenvalue weighted by molar-refractivity contribution is -0.149. The Bertz CT molecular complexity index is 692. The van der Waals surface area contributed by atoms with Crippen molar-refractivity contribution in [1.29, 1.82) is 0 Å². The summed E-state index contributed by atoms with van der Waals surface area (Å²) < 4.78 is 0. The molecule has 1 atom stereocenters. The van der Waals surface area contributed by atoms with Crippen LogP contribution in [0.1, 0.15) is 34.6 Å². The summed E-state index contributed by atoms with van der Waals surface area (Å²) in [6, 6.07) is 16.6. The highest BCUT2D eigenvalue weighted by Gasteiger charge is 2.46. The standard InChI is InChI=1S/C19H18O2/c20-18(21)19(10-14-6-1-2-7-15(14)11-19)12-16-9-13-5-3-4-8-17(13)16/h1-8,16H,9-12H2,(H,20,21). The first-order valence-electron chi connectivity index (χ1n) is 7.56. The van der Waals surface area contributed by atoms with Crippen LogP contribution in [0.15, 0.2) is 48.5 Å². The monoisotopic (exact) mass is 278 g/mol. The predicted molar refractivity (Wildman–Crippen MR) is 81.4 cm³/mol. The quantitative estimate of drug-likeness (QED) is 0.931. The minimum atomic E-state index is -0.636. The molecule has 2 aliphatic rings. The van der Waals surface area contributed by atoms with Gasteiger partial charge in [0.1, 0.15) is 0 Å². The largest absolute Gasteiger partial charge is 0.481 e. The normalized spacial score (nSPS) is 21.2. The molecule has 2 aromatic rings. The second kappa shape index (κ2) is 4.45. The molecule has 106 valence electrons. The topological polar surface area (TPSA) is 37.3 Å². The molecule has 2 nitrogen and oxygen atoms in total. The van der Waals surface area contributed by atoms with Gasteiger partial charge in [0.05, 0.1) is 5.41 Å². The van der Waals surface area contributed by atoms with E-state index in [1.165, 1.54) is 22.3 Å². The van der Waals surface area contributed by atoms with Gasteiger partial charge in [0.15, 0.2) is 0 Å². The summed E-state index contributed by atoms with van der Waals surface area (Å²) in [7, 11) is 0. The van der Waals surface area contributed by atoms with Crippen LogP contribution in [0.4, 0.5) is 0 Å². The fourth-order valence-corrected chi connectivity index (χ4v) is 4.09. The Kier molecular flexibility index (Phi) is 2.68. The van der Waals surface area contributed by atoms with Crippen molar-refractivity contribution in [1.82, 2.24) is 0 Å². The lowest BCUT2D eigenvalue weighted by atomic mass is 9.67. The van der Waals surface area contributed by atoms with Crippen LogP contribution in [0, 0.1) is 5.41 Å². The van der Waals surface area contributed by atoms with Crippen molar-refractivity contribution < 1.29 is 9.90 Å². The molecule has 0 bridgehead atoms. The third-order valence-electron chi connectivity index (χ3n) is 5.23. The Hall–Kier alpha value is -2.09. The van der Waals surface area contributed by atoms with Gasteiger partial charge >= 0.3 is 5.97 Å². The van der Waals surface area contributed by atoms with E-state index in [4.69, 9.17) is 0 Å². The Morgan fingerprint density at radius 2 is 1.57 bits per heavy atom. The average Bonchev–Trinajstić information content (AvgIpc) is 2.84. The van der Waals surface area contributed by atoms with Crippen molar-refractivity contribution in [2.75, 3.05) is 0 Å². The van der Waals surface area contributed by atoms with Crippen LogP contribution in [-0.2, 0) is 24.1 Å². The molecule has 0 saturated heterocycles. The molecule has 2 heteroatoms. The van der Waals surface area contributed by atoms with Crippen molar-refractivity contribution >= 4 is 5.97 Å². The Morgan fingerprint density at radius 3 is 2.14 bits per heavy atom. The molecular weight excluding hydrogens is 260 g/mol. The number of carboxylic acids is 1. The molecule has 2 aliphatic carbocycles. The van der Waals surface area contributed by atoms with E-state index in [1.54, 1.807) is 0 Å². The molecule has 0 fully saturated rings. The van der Waals surface area contributed by atoms with Crippen molar-refractivity contribution in [3.8, 4) is 0 Å². The molecule has 4 rings (SSSR count). The van der Waals surface area contributed by atoms with E-state index in [0.717, 1.165) is 12.8 Å². The van der Waals surface area contributed by atoms with E-state index in [2.05, 4.69) is 36.4 Å². The maximum atomic E-state index is 12.0. The highest BCUT2D eigenvalue weighted by Crippen LogP contribution is 2.48. The van der Waals surface area contributed by atoms with Crippen LogP contribution in [0.3, 0.4) is 0 Å². The van der Waals surface area contributed by atoms with Gasteiger partial charge < -0.3 is 5.11 Å². The summed E-state index contributed by atoms with van der Waals surface area (Å²) in [6.07, 6.45) is 3.14. The van der Waals surface area contributed by atoms with Crippen molar-refractivity contribution in [3.63, 3.8) is 0 Å². The molecule has 2 aromatic carbocycles. The average molecular weight is 278 g/mol. The third kappa shape index (κ3) is 1.90. The molecule has 0 heterocycles. The summed E-state index contributed by atoms with van der Waals surface area (Å²) in [5.41, 5.74) is 4.56. The number of benzene rings is 2. The van der Waals surface area contributed by atoms with Gasteiger partial charge in [0.2, 0.25) is 0 Å². The Balaban J connectivity index is 1.62. The van der Waals surface area contributed by atoms with Gasteiger partial charge in [-0.3, -0.25) is 4.79 Å². The number of fused-ring (bicyclic) bond motifs is 2. The Labute approximate surface area is 124 Å². The lowest BCUT2D eigenvalue weighted by Gasteiger charge is -2.36. The molecule has 1 unspecified atom stereocenters. The lowest BCUT2D eigenvalue weighted by Crippen LogP contribution is -2.36. The van der Waals surface area contributed by atoms with E-state index in [1.807, 2.05) is 12.1 Å². The molecule has 0 aliphatic heterocycles. The maximum absolute atomic E-state index is 12.0. The number of carboxylic acid groups (broad SMARTS) is 1. The van der Waals surface area contributed by atoms with Crippen molar-refractivity contribution in [2.24, 2.45) is 5.41 Å². The molecule has 21 heavy (non-hydrogen) atoms. The minimum Gasteiger partial charge on any atom is -0.481 e. The van der Waals surface area contributed by atoms with Gasteiger partial charge in [-0.05, 0) is 53.9 Å². The first-order valence-corrected chi connectivity index (χ1v) is 7.56. The fourth-order valence-electron chi connectivity index (χ4n) is 4.09. The minimum absolute atomic E-state index is 0.409. The van der Waals surface area contributed by atoms with Gasteiger partial charge in [0, 0.05) is 0 Å². The van der Waals surface area contributed by atoms with Crippen molar-refractivity contribution in [2.45, 2.75) is 31.6 Å². The zero-order valence-corrected chi connectivity index (χ0v) is 11.9. The van der Waals surface area contributed by atoms with Gasteiger partial charge in [0.25, 0.3) is 0 Å². The number of aliphatic carboxylic acids is 1. The smallest absolute Gasteiger partial charge is 0.310 e. The number of hydrogen-bond acceptors (Lipinski definition) is 1. The SMILES string of the molecule is O=C(O)C1(CC2Cc3ccccc32)Cc2ccccc2C1. The van der Waals surface area contributed by atoms with E-state index >= 15 is 0 Å². The van der Waals surface area contributed by atoms with E-state index < -0.39 is 11.4 Å². The summed E-state index contributed by atoms with van der Waals surface area (Å²) >= 11 is 0. The van der Waals surface area contributed by atoms with E-state index in [9.17, 15) is 9.90 Å². The fraction of sp³-hybridized carbons (Fsp3) is 0.316. The van der Waals surface area contributed by atoms with Gasteiger partial charge in [-0.1, -0.05) is 48.5 Å². The van der Waals surface area contributed by atoms with Gasteiger partial charge in [-0.25, -0.2) is 0 Å². The number of hydrogen-bond donors (Lipinski definition) is 1. The summed E-state index contributed by atoms with van der Waals surface area (Å²) in [4.78, 5) is 12.0. The van der Waals surface area contributed by atoms with Crippen LogP contribution in [-0.4, -0.2) is 11.1 Å². The van der Waals surface area contributed by atoms with Crippen LogP contribution < -0.4 is 0 Å². The number of carbonyl (C=O) groups is 1. The van der Waals surface area contributed by atoms with E-state index in [-0.39, 0.29) is 0 Å². The van der Waals surface area contributed by atoms with Crippen LogP contribution in [0.25, 0.3) is 0 Å². The summed E-state index contributed by atoms with van der Waals surface area (Å²) in [6.45, 7) is 0. The highest BCUT2D eigenvalue weighted by atomic mass is 16.4. The number of rotatable bonds is 3. The predicted octanol–water partition coefficient (Wildman–Crippen LogP) is 3.59. The summed E-state index contributed by atoms with van der Waals surface area (Å²) in [5.74, 6) is -0.227. The summed E-state index contributed by atoms with van der Waals surface area (Å²) in [5, 5.41) is 9.85. The highest BCUT2D eigenvalue weighted by molar-refractivity contribution is 5.77. The second-order valence-corrected chi connectivity index (χ2v) is 6.51. The van der Waals surface area contributed by atoms with E-state index in [0.29, 0.717) is 18.8 Å². The Morgan fingerprint density at radius 1 is 1.00 bits per heavy atom.